The maximum atomic E-state index is 11.9. The van der Waals surface area contributed by atoms with Gasteiger partial charge < -0.3 is 0 Å². The first-order valence-electron chi connectivity index (χ1n) is 6.45. The molecule has 0 bridgehead atoms. The van der Waals surface area contributed by atoms with Gasteiger partial charge in [-0.1, -0.05) is 36.2 Å². The van der Waals surface area contributed by atoms with Crippen LogP contribution < -0.4 is 0 Å². The summed E-state index contributed by atoms with van der Waals surface area (Å²) < 4.78 is 1.78. The largest absolute Gasteiger partial charge is 0.294 e. The average molecular weight is 311 g/mol. The van der Waals surface area contributed by atoms with Gasteiger partial charge >= 0.3 is 0 Å². The van der Waals surface area contributed by atoms with Crippen LogP contribution in [-0.4, -0.2) is 15.6 Å². The van der Waals surface area contributed by atoms with E-state index in [4.69, 9.17) is 23.2 Å². The van der Waals surface area contributed by atoms with Crippen LogP contribution >= 0.6 is 23.2 Å². The zero-order valence-electron chi connectivity index (χ0n) is 11.7. The highest BCUT2D eigenvalue weighted by atomic mass is 35.5. The molecule has 0 saturated heterocycles. The molecule has 1 aromatic carbocycles. The number of carbonyl (C=O) groups excluding carboxylic acids is 1. The van der Waals surface area contributed by atoms with Gasteiger partial charge in [-0.25, -0.2) is 0 Å². The number of Topliss-reactive ketones (excluding diaryl/α,β-unsaturated/α-hetero) is 1. The number of ketones is 1. The summed E-state index contributed by atoms with van der Waals surface area (Å²) in [5.41, 5.74) is 3.12. The third kappa shape index (κ3) is 2.74. The molecule has 0 spiro atoms. The Bertz CT molecular complexity index is 642. The molecule has 0 amide bonds. The molecule has 5 heteroatoms. The molecule has 0 aliphatic heterocycles. The summed E-state index contributed by atoms with van der Waals surface area (Å²) >= 11 is 12.4. The third-order valence-electron chi connectivity index (χ3n) is 3.35. The molecule has 106 valence electrons. The third-order valence-corrected chi connectivity index (χ3v) is 4.06. The zero-order chi connectivity index (χ0) is 14.9. The molecule has 0 radical (unpaired) electrons. The Kier molecular flexibility index (Phi) is 4.51. The van der Waals surface area contributed by atoms with Crippen LogP contribution in [-0.2, 0) is 6.54 Å². The van der Waals surface area contributed by atoms with E-state index in [1.165, 1.54) is 0 Å². The number of hydrogen-bond donors (Lipinski definition) is 0. The molecule has 0 aliphatic carbocycles. The first kappa shape index (κ1) is 15.1. The number of aryl methyl sites for hydroxylation is 1. The van der Waals surface area contributed by atoms with E-state index >= 15 is 0 Å². The second-order valence-electron chi connectivity index (χ2n) is 4.68. The van der Waals surface area contributed by atoms with E-state index in [0.717, 1.165) is 17.0 Å². The molecule has 0 atom stereocenters. The number of hydrogen-bond acceptors (Lipinski definition) is 2. The molecule has 1 aromatic heterocycles. The molecule has 3 nitrogen and oxygen atoms in total. The highest BCUT2D eigenvalue weighted by Gasteiger charge is 2.18. The Morgan fingerprint density at radius 2 is 1.85 bits per heavy atom. The lowest BCUT2D eigenvalue weighted by Crippen LogP contribution is -2.06. The number of rotatable bonds is 4. The smallest absolute Gasteiger partial charge is 0.166 e. The second kappa shape index (κ2) is 5.98. The number of benzene rings is 1. The minimum Gasteiger partial charge on any atom is -0.294 e. The summed E-state index contributed by atoms with van der Waals surface area (Å²) in [6, 6.07) is 5.40. The summed E-state index contributed by atoms with van der Waals surface area (Å²) in [6.07, 6.45) is 0.472. The summed E-state index contributed by atoms with van der Waals surface area (Å²) in [7, 11) is 0. The van der Waals surface area contributed by atoms with Crippen LogP contribution in [0.25, 0.3) is 0 Å². The lowest BCUT2D eigenvalue weighted by molar-refractivity contribution is 0.0987. The van der Waals surface area contributed by atoms with Crippen LogP contribution in [0.2, 0.25) is 10.0 Å². The molecule has 2 rings (SSSR count). The maximum absolute atomic E-state index is 11.9. The van der Waals surface area contributed by atoms with Gasteiger partial charge in [0.1, 0.15) is 0 Å². The van der Waals surface area contributed by atoms with Gasteiger partial charge in [0.05, 0.1) is 17.8 Å². The standard InChI is InChI=1S/C15H16Cl2N2O/c1-4-14(20)15-9(2)18-19(10(15)3)8-11-12(16)6-5-7-13(11)17/h5-7H,4,8H2,1-3H3. The molecule has 1 heterocycles. The lowest BCUT2D eigenvalue weighted by Gasteiger charge is -2.09. The van der Waals surface area contributed by atoms with Crippen LogP contribution in [0.1, 0.15) is 40.7 Å². The van der Waals surface area contributed by atoms with E-state index < -0.39 is 0 Å². The lowest BCUT2D eigenvalue weighted by atomic mass is 10.1. The Hall–Kier alpha value is -1.32. The normalized spacial score (nSPS) is 10.8. The van der Waals surface area contributed by atoms with Crippen LogP contribution in [0.4, 0.5) is 0 Å². The Morgan fingerprint density at radius 1 is 1.25 bits per heavy atom. The van der Waals surface area contributed by atoms with E-state index in [1.807, 2.05) is 20.8 Å². The van der Waals surface area contributed by atoms with Crippen molar-refractivity contribution < 1.29 is 4.79 Å². The van der Waals surface area contributed by atoms with Crippen molar-refractivity contribution in [1.29, 1.82) is 0 Å². The fourth-order valence-electron chi connectivity index (χ4n) is 2.26. The van der Waals surface area contributed by atoms with Crippen molar-refractivity contribution in [2.24, 2.45) is 0 Å². The van der Waals surface area contributed by atoms with E-state index in [2.05, 4.69) is 5.10 Å². The summed E-state index contributed by atoms with van der Waals surface area (Å²) in [6.45, 7) is 6.06. The zero-order valence-corrected chi connectivity index (χ0v) is 13.2. The van der Waals surface area contributed by atoms with E-state index in [9.17, 15) is 4.79 Å². The van der Waals surface area contributed by atoms with Crippen molar-refractivity contribution in [2.45, 2.75) is 33.7 Å². The molecular formula is C15H16Cl2N2O. The van der Waals surface area contributed by atoms with Crippen molar-refractivity contribution >= 4 is 29.0 Å². The molecular weight excluding hydrogens is 295 g/mol. The summed E-state index contributed by atoms with van der Waals surface area (Å²) in [5, 5.41) is 5.65. The van der Waals surface area contributed by atoms with Crippen LogP contribution in [0.15, 0.2) is 18.2 Å². The van der Waals surface area contributed by atoms with Gasteiger partial charge in [-0.05, 0) is 26.0 Å². The fraction of sp³-hybridized carbons (Fsp3) is 0.333. The number of aromatic nitrogens is 2. The molecule has 0 unspecified atom stereocenters. The van der Waals surface area contributed by atoms with Gasteiger partial charge in [-0.3, -0.25) is 9.48 Å². The first-order valence-corrected chi connectivity index (χ1v) is 7.21. The van der Waals surface area contributed by atoms with Crippen molar-refractivity contribution in [1.82, 2.24) is 9.78 Å². The van der Waals surface area contributed by atoms with Crippen LogP contribution in [0.3, 0.4) is 0 Å². The molecule has 0 fully saturated rings. The quantitative estimate of drug-likeness (QED) is 0.782. The van der Waals surface area contributed by atoms with Gasteiger partial charge in [-0.2, -0.15) is 5.10 Å². The average Bonchev–Trinajstić information content (AvgIpc) is 2.68. The maximum Gasteiger partial charge on any atom is 0.166 e. The summed E-state index contributed by atoms with van der Waals surface area (Å²) in [4.78, 5) is 11.9. The van der Waals surface area contributed by atoms with Gasteiger partial charge in [-0.15, -0.1) is 0 Å². The van der Waals surface area contributed by atoms with Gasteiger partial charge in [0.2, 0.25) is 0 Å². The Labute approximate surface area is 128 Å². The number of nitrogens with zero attached hydrogens (tertiary/aromatic N) is 2. The fourth-order valence-corrected chi connectivity index (χ4v) is 2.78. The van der Waals surface area contributed by atoms with Gasteiger partial charge in [0.25, 0.3) is 0 Å². The van der Waals surface area contributed by atoms with Gasteiger partial charge in [0.15, 0.2) is 5.78 Å². The number of halogens is 2. The first-order chi connectivity index (χ1) is 9.45. The van der Waals surface area contributed by atoms with Crippen molar-refractivity contribution in [3.8, 4) is 0 Å². The van der Waals surface area contributed by atoms with E-state index in [-0.39, 0.29) is 5.78 Å². The van der Waals surface area contributed by atoms with E-state index in [1.54, 1.807) is 22.9 Å². The minimum atomic E-state index is 0.108. The second-order valence-corrected chi connectivity index (χ2v) is 5.49. The molecule has 0 aliphatic rings. The topological polar surface area (TPSA) is 34.9 Å². The minimum absolute atomic E-state index is 0.108. The molecule has 0 saturated carbocycles. The van der Waals surface area contributed by atoms with Crippen molar-refractivity contribution in [2.75, 3.05) is 0 Å². The van der Waals surface area contributed by atoms with Crippen molar-refractivity contribution in [3.63, 3.8) is 0 Å². The monoisotopic (exact) mass is 310 g/mol. The predicted octanol–water partition coefficient (Wildman–Crippen LogP) is 4.45. The predicted molar refractivity (Wildman–Crippen MR) is 81.9 cm³/mol. The van der Waals surface area contributed by atoms with E-state index in [0.29, 0.717) is 28.6 Å². The summed E-state index contributed by atoms with van der Waals surface area (Å²) in [5.74, 6) is 0.108. The van der Waals surface area contributed by atoms with Crippen LogP contribution in [0, 0.1) is 13.8 Å². The Balaban J connectivity index is 2.43. The van der Waals surface area contributed by atoms with Crippen LogP contribution in [0.5, 0.6) is 0 Å². The molecule has 20 heavy (non-hydrogen) atoms. The van der Waals surface area contributed by atoms with Gasteiger partial charge in [0, 0.05) is 27.7 Å². The number of carbonyl (C=O) groups is 1. The molecule has 2 aromatic rings. The SMILES string of the molecule is CCC(=O)c1c(C)nn(Cc2c(Cl)cccc2Cl)c1C. The highest BCUT2D eigenvalue weighted by molar-refractivity contribution is 6.35. The Morgan fingerprint density at radius 3 is 2.40 bits per heavy atom. The molecule has 0 N–H and O–H groups in total. The van der Waals surface area contributed by atoms with Crippen molar-refractivity contribution in [3.05, 3.63) is 50.8 Å². The highest BCUT2D eigenvalue weighted by Crippen LogP contribution is 2.26.